The van der Waals surface area contributed by atoms with Crippen molar-refractivity contribution in [1.29, 1.82) is 0 Å². The minimum Gasteiger partial charge on any atom is -0.454 e. The number of ether oxygens (including phenoxy) is 2. The summed E-state index contributed by atoms with van der Waals surface area (Å²) in [6, 6.07) is 22.7. The van der Waals surface area contributed by atoms with Gasteiger partial charge < -0.3 is 19.7 Å². The number of sulfonamides is 1. The number of nitrogens with zero attached hydrogens (tertiary/aromatic N) is 2. The molecule has 1 atom stereocenters. The van der Waals surface area contributed by atoms with E-state index in [1.165, 1.54) is 11.8 Å². The quantitative estimate of drug-likeness (QED) is 0.370. The molecule has 1 unspecified atom stereocenters. The van der Waals surface area contributed by atoms with Crippen LogP contribution in [-0.4, -0.2) is 56.8 Å². The van der Waals surface area contributed by atoms with Crippen LogP contribution in [0, 0.1) is 0 Å². The molecule has 0 bridgehead atoms. The highest BCUT2D eigenvalue weighted by Gasteiger charge is 2.33. The van der Waals surface area contributed by atoms with E-state index < -0.39 is 28.5 Å². The molecule has 1 aliphatic heterocycles. The summed E-state index contributed by atoms with van der Waals surface area (Å²) in [5.41, 5.74) is 1.99. The molecule has 9 nitrogen and oxygen atoms in total. The van der Waals surface area contributed by atoms with Crippen LogP contribution in [0.2, 0.25) is 0 Å². The van der Waals surface area contributed by atoms with Gasteiger partial charge in [-0.15, -0.1) is 0 Å². The molecule has 206 valence electrons. The molecule has 2 amide bonds. The first-order valence-electron chi connectivity index (χ1n) is 12.9. The second-order valence-corrected chi connectivity index (χ2v) is 11.2. The molecule has 1 heterocycles. The normalized spacial score (nSPS) is 13.0. The van der Waals surface area contributed by atoms with Crippen molar-refractivity contribution < 1.29 is 27.5 Å². The van der Waals surface area contributed by atoms with E-state index in [0.717, 1.165) is 15.4 Å². The summed E-state index contributed by atoms with van der Waals surface area (Å²) in [7, 11) is -3.86. The van der Waals surface area contributed by atoms with Gasteiger partial charge in [-0.3, -0.25) is 13.9 Å². The van der Waals surface area contributed by atoms with Gasteiger partial charge >= 0.3 is 0 Å². The van der Waals surface area contributed by atoms with E-state index in [9.17, 15) is 18.0 Å². The molecule has 0 aliphatic carbocycles. The lowest BCUT2D eigenvalue weighted by molar-refractivity contribution is -0.140. The Balaban J connectivity index is 1.72. The number of carbonyl (C=O) groups excluding carboxylic acids is 2. The Labute approximate surface area is 229 Å². The van der Waals surface area contributed by atoms with Crippen molar-refractivity contribution in [2.75, 3.05) is 29.9 Å². The first kappa shape index (κ1) is 28.0. The zero-order valence-corrected chi connectivity index (χ0v) is 22.9. The molecule has 0 aromatic heterocycles. The van der Waals surface area contributed by atoms with Gasteiger partial charge in [0.05, 0.1) is 11.4 Å². The number of hydrogen-bond acceptors (Lipinski definition) is 6. The number of amides is 2. The van der Waals surface area contributed by atoms with Crippen LogP contribution in [0.3, 0.4) is 0 Å². The summed E-state index contributed by atoms with van der Waals surface area (Å²) in [4.78, 5) is 28.9. The molecule has 4 rings (SSSR count). The van der Waals surface area contributed by atoms with Crippen molar-refractivity contribution >= 4 is 27.5 Å². The summed E-state index contributed by atoms with van der Waals surface area (Å²) in [5, 5.41) is 2.85. The highest BCUT2D eigenvalue weighted by atomic mass is 32.2. The van der Waals surface area contributed by atoms with E-state index in [-0.39, 0.29) is 37.1 Å². The molecule has 0 saturated heterocycles. The van der Waals surface area contributed by atoms with Crippen molar-refractivity contribution in [3.63, 3.8) is 0 Å². The van der Waals surface area contributed by atoms with E-state index in [1.54, 1.807) is 18.2 Å². The third-order valence-electron chi connectivity index (χ3n) is 6.44. The number of carbonyl (C=O) groups is 2. The summed E-state index contributed by atoms with van der Waals surface area (Å²) in [5.74, 6) is -0.109. The maximum absolute atomic E-state index is 14.1. The maximum Gasteiger partial charge on any atom is 0.244 e. The number of hydrogen-bond donors (Lipinski definition) is 1. The summed E-state index contributed by atoms with van der Waals surface area (Å²) in [6.45, 7) is 3.43. The van der Waals surface area contributed by atoms with Gasteiger partial charge in [-0.05, 0) is 37.1 Å². The number of rotatable bonds is 12. The summed E-state index contributed by atoms with van der Waals surface area (Å²) >= 11 is 0. The SMILES string of the molecule is CCNC(=O)C(Cc1ccccc1)N(Cc1ccccc1)C(=O)CN(c1ccc2c(c1)OCO2)S(=O)(=O)CC. The van der Waals surface area contributed by atoms with Crippen molar-refractivity contribution in [1.82, 2.24) is 10.2 Å². The van der Waals surface area contributed by atoms with Gasteiger partial charge in [-0.25, -0.2) is 8.42 Å². The monoisotopic (exact) mass is 551 g/mol. The molecule has 1 N–H and O–H groups in total. The number of benzene rings is 3. The van der Waals surface area contributed by atoms with Gasteiger partial charge in [-0.2, -0.15) is 0 Å². The average Bonchev–Trinajstić information content (AvgIpc) is 3.42. The smallest absolute Gasteiger partial charge is 0.244 e. The minimum absolute atomic E-state index is 0.0385. The molecule has 39 heavy (non-hydrogen) atoms. The third-order valence-corrected chi connectivity index (χ3v) is 8.18. The fraction of sp³-hybridized carbons (Fsp3) is 0.310. The van der Waals surface area contributed by atoms with Crippen molar-refractivity contribution in [2.24, 2.45) is 0 Å². The van der Waals surface area contributed by atoms with Crippen LogP contribution in [0.1, 0.15) is 25.0 Å². The van der Waals surface area contributed by atoms with Gasteiger partial charge in [-0.1, -0.05) is 60.7 Å². The predicted molar refractivity (Wildman–Crippen MR) is 149 cm³/mol. The Morgan fingerprint density at radius 3 is 2.18 bits per heavy atom. The fourth-order valence-corrected chi connectivity index (χ4v) is 5.44. The number of nitrogens with one attached hydrogen (secondary N) is 1. The van der Waals surface area contributed by atoms with Gasteiger partial charge in [0.15, 0.2) is 11.5 Å². The number of anilines is 1. The molecule has 0 radical (unpaired) electrons. The van der Waals surface area contributed by atoms with Gasteiger partial charge in [0.2, 0.25) is 28.6 Å². The van der Waals surface area contributed by atoms with Gasteiger partial charge in [0, 0.05) is 25.6 Å². The highest BCUT2D eigenvalue weighted by molar-refractivity contribution is 7.92. The van der Waals surface area contributed by atoms with Crippen LogP contribution in [0.5, 0.6) is 11.5 Å². The Morgan fingerprint density at radius 1 is 0.897 bits per heavy atom. The van der Waals surface area contributed by atoms with E-state index in [1.807, 2.05) is 67.6 Å². The van der Waals surface area contributed by atoms with E-state index in [2.05, 4.69) is 5.32 Å². The fourth-order valence-electron chi connectivity index (χ4n) is 4.39. The van der Waals surface area contributed by atoms with Crippen LogP contribution in [-0.2, 0) is 32.6 Å². The lowest BCUT2D eigenvalue weighted by Gasteiger charge is -2.33. The third kappa shape index (κ3) is 6.88. The van der Waals surface area contributed by atoms with Crippen LogP contribution in [0.25, 0.3) is 0 Å². The van der Waals surface area contributed by atoms with Crippen LogP contribution >= 0.6 is 0 Å². The molecule has 0 spiro atoms. The first-order valence-corrected chi connectivity index (χ1v) is 14.5. The van der Waals surface area contributed by atoms with Crippen LogP contribution in [0.15, 0.2) is 78.9 Å². The lowest BCUT2D eigenvalue weighted by atomic mass is 10.0. The Bertz CT molecular complexity index is 1380. The zero-order valence-electron chi connectivity index (χ0n) is 22.1. The minimum atomic E-state index is -3.86. The summed E-state index contributed by atoms with van der Waals surface area (Å²) < 4.78 is 38.3. The van der Waals surface area contributed by atoms with Gasteiger partial charge in [0.25, 0.3) is 0 Å². The Hall–Kier alpha value is -4.05. The molecular formula is C29H33N3O6S. The van der Waals surface area contributed by atoms with Crippen molar-refractivity contribution in [3.05, 3.63) is 90.0 Å². The Morgan fingerprint density at radius 2 is 1.54 bits per heavy atom. The second-order valence-electron chi connectivity index (χ2n) is 9.05. The van der Waals surface area contributed by atoms with Crippen molar-refractivity contribution in [3.8, 4) is 11.5 Å². The van der Waals surface area contributed by atoms with Crippen molar-refractivity contribution in [2.45, 2.75) is 32.9 Å². The van der Waals surface area contributed by atoms with Gasteiger partial charge in [0.1, 0.15) is 12.6 Å². The molecule has 10 heteroatoms. The topological polar surface area (TPSA) is 105 Å². The molecular weight excluding hydrogens is 518 g/mol. The Kier molecular flexibility index (Phi) is 9.08. The predicted octanol–water partition coefficient (Wildman–Crippen LogP) is 3.35. The van der Waals surface area contributed by atoms with Crippen LogP contribution in [0.4, 0.5) is 5.69 Å². The standard InChI is InChI=1S/C29H33N3O6S/c1-3-30-29(34)25(17-22-11-7-5-8-12-22)31(19-23-13-9-6-10-14-23)28(33)20-32(39(35,36)4-2)24-15-16-26-27(18-24)38-21-37-26/h5-16,18,25H,3-4,17,19-21H2,1-2H3,(H,30,34). The zero-order chi connectivity index (χ0) is 27.8. The lowest BCUT2D eigenvalue weighted by Crippen LogP contribution is -2.53. The number of fused-ring (bicyclic) bond motifs is 1. The molecule has 0 saturated carbocycles. The van der Waals surface area contributed by atoms with E-state index in [4.69, 9.17) is 9.47 Å². The molecule has 3 aromatic carbocycles. The molecule has 0 fully saturated rings. The first-order chi connectivity index (χ1) is 18.8. The molecule has 3 aromatic rings. The molecule has 1 aliphatic rings. The second kappa shape index (κ2) is 12.7. The average molecular weight is 552 g/mol. The highest BCUT2D eigenvalue weighted by Crippen LogP contribution is 2.36. The summed E-state index contributed by atoms with van der Waals surface area (Å²) in [6.07, 6.45) is 0.274. The number of likely N-dealkylation sites (N-methyl/N-ethyl adjacent to an activating group) is 1. The van der Waals surface area contributed by atoms with Crippen LogP contribution < -0.4 is 19.1 Å². The largest absolute Gasteiger partial charge is 0.454 e. The van der Waals surface area contributed by atoms with E-state index >= 15 is 0 Å². The maximum atomic E-state index is 14.1. The van der Waals surface area contributed by atoms with E-state index in [0.29, 0.717) is 18.0 Å².